The third-order valence-electron chi connectivity index (χ3n) is 2.25. The Labute approximate surface area is 112 Å². The number of nitrogens with zero attached hydrogens (tertiary/aromatic N) is 1. The Balaban J connectivity index is 2.10. The van der Waals surface area contributed by atoms with E-state index in [0.717, 1.165) is 10.0 Å². The Hall–Kier alpha value is -1.60. The normalized spacial score (nSPS) is 14.8. The van der Waals surface area contributed by atoms with E-state index in [4.69, 9.17) is 14.6 Å². The molecule has 1 heterocycles. The summed E-state index contributed by atoms with van der Waals surface area (Å²) in [6.07, 6.45) is 0.356. The zero-order valence-electron chi connectivity index (χ0n) is 9.51. The molecule has 6 nitrogen and oxygen atoms in total. The molecule has 0 aromatic heterocycles. The van der Waals surface area contributed by atoms with Crippen LogP contribution in [0.2, 0.25) is 0 Å². The molecule has 0 aliphatic carbocycles. The van der Waals surface area contributed by atoms with Crippen molar-refractivity contribution in [1.82, 2.24) is 5.43 Å². The van der Waals surface area contributed by atoms with Crippen LogP contribution in [0.1, 0.15) is 12.5 Å². The van der Waals surface area contributed by atoms with Gasteiger partial charge in [-0.3, -0.25) is 4.79 Å². The van der Waals surface area contributed by atoms with Crippen LogP contribution in [0.3, 0.4) is 0 Å². The second-order valence-electron chi connectivity index (χ2n) is 3.64. The molecule has 1 aliphatic rings. The molecule has 1 atom stereocenters. The minimum absolute atomic E-state index is 0.196. The fraction of sp³-hybridized carbons (Fsp3) is 0.273. The summed E-state index contributed by atoms with van der Waals surface area (Å²) >= 11 is 3.36. The maximum Gasteiger partial charge on any atom is 0.268 e. The van der Waals surface area contributed by atoms with E-state index in [1.54, 1.807) is 12.1 Å². The summed E-state index contributed by atoms with van der Waals surface area (Å²) in [5.74, 6) is 0.719. The zero-order chi connectivity index (χ0) is 13.1. The van der Waals surface area contributed by atoms with Crippen LogP contribution in [-0.4, -0.2) is 30.1 Å². The fourth-order valence-corrected chi connectivity index (χ4v) is 1.72. The van der Waals surface area contributed by atoms with Gasteiger partial charge < -0.3 is 14.6 Å². The molecule has 2 rings (SSSR count). The SMILES string of the molecule is C[C@@H](O)C(=O)N/N=C\c1cc2c(cc1Br)OCO2. The van der Waals surface area contributed by atoms with Gasteiger partial charge in [-0.25, -0.2) is 5.43 Å². The van der Waals surface area contributed by atoms with Gasteiger partial charge >= 0.3 is 0 Å². The molecule has 0 fully saturated rings. The molecule has 0 unspecified atom stereocenters. The highest BCUT2D eigenvalue weighted by Crippen LogP contribution is 2.36. The molecule has 0 saturated carbocycles. The van der Waals surface area contributed by atoms with Crippen molar-refractivity contribution in [1.29, 1.82) is 0 Å². The summed E-state index contributed by atoms with van der Waals surface area (Å²) in [4.78, 5) is 11.1. The van der Waals surface area contributed by atoms with Gasteiger partial charge in [0, 0.05) is 10.0 Å². The van der Waals surface area contributed by atoms with E-state index in [1.165, 1.54) is 13.1 Å². The summed E-state index contributed by atoms with van der Waals surface area (Å²) in [5.41, 5.74) is 2.94. The van der Waals surface area contributed by atoms with E-state index >= 15 is 0 Å². The molecular weight excluding hydrogens is 304 g/mol. The number of ether oxygens (including phenoxy) is 2. The van der Waals surface area contributed by atoms with Crippen LogP contribution in [0.15, 0.2) is 21.7 Å². The van der Waals surface area contributed by atoms with Crippen LogP contribution >= 0.6 is 15.9 Å². The van der Waals surface area contributed by atoms with Crippen molar-refractivity contribution >= 4 is 28.1 Å². The quantitative estimate of drug-likeness (QED) is 0.644. The number of hydrogen-bond acceptors (Lipinski definition) is 5. The topological polar surface area (TPSA) is 80.2 Å². The van der Waals surface area contributed by atoms with E-state index in [9.17, 15) is 4.79 Å². The Kier molecular flexibility index (Phi) is 3.83. The van der Waals surface area contributed by atoms with Gasteiger partial charge in [0.2, 0.25) is 6.79 Å². The minimum Gasteiger partial charge on any atom is -0.454 e. The van der Waals surface area contributed by atoms with Crippen LogP contribution in [0, 0.1) is 0 Å². The number of amides is 1. The number of benzene rings is 1. The van der Waals surface area contributed by atoms with Crippen molar-refractivity contribution in [3.8, 4) is 11.5 Å². The van der Waals surface area contributed by atoms with Crippen molar-refractivity contribution in [3.05, 3.63) is 22.2 Å². The largest absolute Gasteiger partial charge is 0.454 e. The maximum atomic E-state index is 11.1. The van der Waals surface area contributed by atoms with E-state index in [2.05, 4.69) is 26.5 Å². The lowest BCUT2D eigenvalue weighted by atomic mass is 10.2. The highest BCUT2D eigenvalue weighted by Gasteiger charge is 2.15. The highest BCUT2D eigenvalue weighted by atomic mass is 79.9. The number of rotatable bonds is 3. The Morgan fingerprint density at radius 2 is 2.22 bits per heavy atom. The smallest absolute Gasteiger partial charge is 0.268 e. The molecule has 96 valence electrons. The predicted molar refractivity (Wildman–Crippen MR) is 67.7 cm³/mol. The van der Waals surface area contributed by atoms with Gasteiger partial charge in [-0.15, -0.1) is 0 Å². The minimum atomic E-state index is -1.10. The standard InChI is InChI=1S/C11H11BrN2O4/c1-6(15)11(16)14-13-4-7-2-9-10(3-8(7)12)18-5-17-9/h2-4,6,15H,5H2,1H3,(H,14,16)/b13-4-/t6-/m1/s1. The first-order valence-corrected chi connectivity index (χ1v) is 5.97. The molecule has 1 amide bonds. The number of carbonyl (C=O) groups excluding carboxylic acids is 1. The number of aliphatic hydroxyl groups is 1. The Bertz CT molecular complexity index is 502. The van der Waals surface area contributed by atoms with E-state index in [-0.39, 0.29) is 6.79 Å². The number of halogens is 1. The summed E-state index contributed by atoms with van der Waals surface area (Å²) in [6.45, 7) is 1.56. The van der Waals surface area contributed by atoms with Crippen molar-refractivity contribution in [2.24, 2.45) is 5.10 Å². The van der Waals surface area contributed by atoms with E-state index in [1.807, 2.05) is 0 Å². The molecule has 0 bridgehead atoms. The van der Waals surface area contributed by atoms with Crippen LogP contribution in [0.5, 0.6) is 11.5 Å². The lowest BCUT2D eigenvalue weighted by Gasteiger charge is -2.03. The lowest BCUT2D eigenvalue weighted by molar-refractivity contribution is -0.128. The van der Waals surface area contributed by atoms with Crippen molar-refractivity contribution < 1.29 is 19.4 Å². The van der Waals surface area contributed by atoms with E-state index in [0.29, 0.717) is 11.5 Å². The van der Waals surface area contributed by atoms with Crippen molar-refractivity contribution in [2.75, 3.05) is 6.79 Å². The van der Waals surface area contributed by atoms with Crippen LogP contribution < -0.4 is 14.9 Å². The van der Waals surface area contributed by atoms with Gasteiger partial charge in [-0.05, 0) is 35.0 Å². The number of nitrogens with one attached hydrogen (secondary N) is 1. The summed E-state index contributed by atoms with van der Waals surface area (Å²) < 4.78 is 11.2. The lowest BCUT2D eigenvalue weighted by Crippen LogP contribution is -2.28. The third kappa shape index (κ3) is 2.80. The van der Waals surface area contributed by atoms with Crippen LogP contribution in [-0.2, 0) is 4.79 Å². The Morgan fingerprint density at radius 1 is 1.56 bits per heavy atom. The predicted octanol–water partition coefficient (Wildman–Crippen LogP) is 1.01. The zero-order valence-corrected chi connectivity index (χ0v) is 11.1. The van der Waals surface area contributed by atoms with Crippen LogP contribution in [0.4, 0.5) is 0 Å². The molecule has 0 radical (unpaired) electrons. The number of hydrogen-bond donors (Lipinski definition) is 2. The third-order valence-corrected chi connectivity index (χ3v) is 2.94. The number of hydrazone groups is 1. The molecule has 1 aromatic carbocycles. The molecule has 18 heavy (non-hydrogen) atoms. The fourth-order valence-electron chi connectivity index (χ4n) is 1.29. The molecule has 2 N–H and O–H groups in total. The Morgan fingerprint density at radius 3 is 2.89 bits per heavy atom. The number of aliphatic hydroxyl groups excluding tert-OH is 1. The molecule has 0 saturated heterocycles. The first-order valence-electron chi connectivity index (χ1n) is 5.18. The average Bonchev–Trinajstić information content (AvgIpc) is 2.75. The van der Waals surface area contributed by atoms with Gasteiger partial charge in [0.1, 0.15) is 6.10 Å². The molecule has 0 spiro atoms. The van der Waals surface area contributed by atoms with Crippen molar-refractivity contribution in [3.63, 3.8) is 0 Å². The van der Waals surface area contributed by atoms with E-state index < -0.39 is 12.0 Å². The molecule has 1 aliphatic heterocycles. The van der Waals surface area contributed by atoms with Gasteiger partial charge in [-0.1, -0.05) is 0 Å². The van der Waals surface area contributed by atoms with Gasteiger partial charge in [0.25, 0.3) is 5.91 Å². The summed E-state index contributed by atoms with van der Waals surface area (Å²) in [7, 11) is 0. The van der Waals surface area contributed by atoms with Crippen molar-refractivity contribution in [2.45, 2.75) is 13.0 Å². The number of fused-ring (bicyclic) bond motifs is 1. The monoisotopic (exact) mass is 314 g/mol. The second-order valence-corrected chi connectivity index (χ2v) is 4.49. The molecule has 1 aromatic rings. The van der Waals surface area contributed by atoms with Gasteiger partial charge in [0.15, 0.2) is 11.5 Å². The maximum absolute atomic E-state index is 11.1. The first-order chi connectivity index (χ1) is 8.58. The summed E-state index contributed by atoms with van der Waals surface area (Å²) in [6, 6.07) is 3.50. The second kappa shape index (κ2) is 5.36. The average molecular weight is 315 g/mol. The number of carbonyl (C=O) groups is 1. The summed E-state index contributed by atoms with van der Waals surface area (Å²) in [5, 5.41) is 12.7. The molecule has 7 heteroatoms. The first kappa shape index (κ1) is 12.8. The van der Waals surface area contributed by atoms with Crippen LogP contribution in [0.25, 0.3) is 0 Å². The van der Waals surface area contributed by atoms with Gasteiger partial charge in [-0.2, -0.15) is 5.10 Å². The highest BCUT2D eigenvalue weighted by molar-refractivity contribution is 9.10. The van der Waals surface area contributed by atoms with Gasteiger partial charge in [0.05, 0.1) is 6.21 Å². The molecular formula is C11H11BrN2O4.